The fourth-order valence-electron chi connectivity index (χ4n) is 3.13. The molecule has 0 unspecified atom stereocenters. The van der Waals surface area contributed by atoms with E-state index in [1.54, 1.807) is 30.5 Å². The fraction of sp³-hybridized carbons (Fsp3) is 0.467. The molecule has 1 fully saturated rings. The number of thioether (sulfide) groups is 1. The molecule has 0 N–H and O–H groups in total. The van der Waals surface area contributed by atoms with Crippen molar-refractivity contribution in [3.8, 4) is 0 Å². The predicted molar refractivity (Wildman–Crippen MR) is 77.5 cm³/mol. The molecule has 1 amide bonds. The third-order valence-corrected chi connectivity index (χ3v) is 5.80. The van der Waals surface area contributed by atoms with Crippen LogP contribution < -0.4 is 0 Å². The Hall–Kier alpha value is -1.49. The van der Waals surface area contributed by atoms with Gasteiger partial charge in [0, 0.05) is 16.9 Å². The maximum Gasteiger partial charge on any atom is 0.332 e. The van der Waals surface area contributed by atoms with Crippen LogP contribution in [-0.2, 0) is 14.4 Å². The van der Waals surface area contributed by atoms with Gasteiger partial charge in [0.15, 0.2) is 0 Å². The van der Waals surface area contributed by atoms with Crippen LogP contribution in [0.5, 0.6) is 0 Å². The van der Waals surface area contributed by atoms with E-state index in [9.17, 15) is 9.59 Å². The Kier molecular flexibility index (Phi) is 2.87. The van der Waals surface area contributed by atoms with Gasteiger partial charge in [-0.25, -0.2) is 4.79 Å². The molecular formula is C15H17NO3S. The summed E-state index contributed by atoms with van der Waals surface area (Å²) in [4.78, 5) is 26.3. The SMILES string of the molecule is CCOC(=O)[C@]1(C)CS[C@]2(C)c3ccccc3C(=O)N12. The number of amides is 1. The van der Waals surface area contributed by atoms with Gasteiger partial charge in [-0.1, -0.05) is 18.2 Å². The van der Waals surface area contributed by atoms with Crippen molar-refractivity contribution in [2.75, 3.05) is 12.4 Å². The van der Waals surface area contributed by atoms with Gasteiger partial charge < -0.3 is 9.64 Å². The number of carbonyl (C=O) groups excluding carboxylic acids is 2. The topological polar surface area (TPSA) is 46.6 Å². The minimum Gasteiger partial charge on any atom is -0.464 e. The van der Waals surface area contributed by atoms with Crippen LogP contribution in [0.1, 0.15) is 36.7 Å². The Labute approximate surface area is 122 Å². The van der Waals surface area contributed by atoms with Gasteiger partial charge in [-0.3, -0.25) is 4.79 Å². The molecule has 0 saturated carbocycles. The highest BCUT2D eigenvalue weighted by Gasteiger charge is 2.62. The van der Waals surface area contributed by atoms with Gasteiger partial charge in [0.25, 0.3) is 5.91 Å². The molecular weight excluding hydrogens is 274 g/mol. The van der Waals surface area contributed by atoms with E-state index in [1.165, 1.54) is 0 Å². The lowest BCUT2D eigenvalue weighted by Gasteiger charge is -2.36. The van der Waals surface area contributed by atoms with Gasteiger partial charge in [0.05, 0.1) is 6.61 Å². The average Bonchev–Trinajstić information content (AvgIpc) is 2.84. The molecule has 0 spiro atoms. The van der Waals surface area contributed by atoms with Crippen LogP contribution >= 0.6 is 11.8 Å². The molecule has 1 aromatic rings. The number of benzene rings is 1. The van der Waals surface area contributed by atoms with Gasteiger partial charge in [-0.2, -0.15) is 0 Å². The lowest BCUT2D eigenvalue weighted by molar-refractivity contribution is -0.154. The lowest BCUT2D eigenvalue weighted by Crippen LogP contribution is -2.55. The molecule has 2 heterocycles. The highest BCUT2D eigenvalue weighted by atomic mass is 32.2. The summed E-state index contributed by atoms with van der Waals surface area (Å²) in [6.45, 7) is 5.91. The molecule has 0 aliphatic carbocycles. The van der Waals surface area contributed by atoms with Crippen molar-refractivity contribution in [3.63, 3.8) is 0 Å². The van der Waals surface area contributed by atoms with Crippen molar-refractivity contribution < 1.29 is 14.3 Å². The molecule has 2 aliphatic heterocycles. The van der Waals surface area contributed by atoms with Crippen molar-refractivity contribution in [1.29, 1.82) is 0 Å². The Morgan fingerprint density at radius 2 is 2.10 bits per heavy atom. The van der Waals surface area contributed by atoms with E-state index in [2.05, 4.69) is 0 Å². The van der Waals surface area contributed by atoms with Crippen LogP contribution in [0, 0.1) is 0 Å². The molecule has 0 aromatic heterocycles. The third-order valence-electron chi connectivity index (χ3n) is 4.13. The summed E-state index contributed by atoms with van der Waals surface area (Å²) in [5.74, 6) is 0.156. The summed E-state index contributed by atoms with van der Waals surface area (Å²) in [6.07, 6.45) is 0. The first-order valence-corrected chi connectivity index (χ1v) is 7.69. The monoisotopic (exact) mass is 291 g/mol. The summed E-state index contributed by atoms with van der Waals surface area (Å²) in [6, 6.07) is 7.58. The lowest BCUT2D eigenvalue weighted by atomic mass is 10.0. The Morgan fingerprint density at radius 3 is 2.80 bits per heavy atom. The first kappa shape index (κ1) is 13.5. The number of hydrogen-bond donors (Lipinski definition) is 0. The maximum absolute atomic E-state index is 12.7. The number of nitrogens with zero attached hydrogens (tertiary/aromatic N) is 1. The van der Waals surface area contributed by atoms with Crippen LogP contribution in [0.2, 0.25) is 0 Å². The first-order valence-electron chi connectivity index (χ1n) is 6.70. The predicted octanol–water partition coefficient (Wildman–Crippen LogP) is 2.38. The van der Waals surface area contributed by atoms with Gasteiger partial charge in [0.2, 0.25) is 0 Å². The van der Waals surface area contributed by atoms with Gasteiger partial charge in [0.1, 0.15) is 10.4 Å². The molecule has 2 atom stereocenters. The molecule has 1 aromatic carbocycles. The van der Waals surface area contributed by atoms with Crippen molar-refractivity contribution in [2.45, 2.75) is 31.2 Å². The zero-order chi connectivity index (χ0) is 14.5. The van der Waals surface area contributed by atoms with Gasteiger partial charge >= 0.3 is 5.97 Å². The van der Waals surface area contributed by atoms with Crippen molar-refractivity contribution in [2.24, 2.45) is 0 Å². The van der Waals surface area contributed by atoms with E-state index in [0.29, 0.717) is 17.9 Å². The standard InChI is InChI=1S/C15H17NO3S/c1-4-19-13(18)14(2)9-20-15(3)11-8-6-5-7-10(11)12(17)16(14)15/h5-8H,4,9H2,1-3H3/t14-,15+/m0/s1. The molecule has 106 valence electrons. The summed E-state index contributed by atoms with van der Waals surface area (Å²) >= 11 is 1.63. The summed E-state index contributed by atoms with van der Waals surface area (Å²) in [5.41, 5.74) is 0.784. The second kappa shape index (κ2) is 4.25. The number of carbonyl (C=O) groups is 2. The van der Waals surface area contributed by atoms with E-state index in [0.717, 1.165) is 5.56 Å². The average molecular weight is 291 g/mol. The molecule has 5 heteroatoms. The number of ether oxygens (including phenoxy) is 1. The Balaban J connectivity index is 2.10. The van der Waals surface area contributed by atoms with E-state index in [4.69, 9.17) is 4.74 Å². The Morgan fingerprint density at radius 1 is 1.40 bits per heavy atom. The zero-order valence-corrected chi connectivity index (χ0v) is 12.6. The summed E-state index contributed by atoms with van der Waals surface area (Å²) in [7, 11) is 0. The fourth-order valence-corrected chi connectivity index (χ4v) is 4.68. The van der Waals surface area contributed by atoms with E-state index in [-0.39, 0.29) is 11.9 Å². The molecule has 3 rings (SSSR count). The largest absolute Gasteiger partial charge is 0.464 e. The summed E-state index contributed by atoms with van der Waals surface area (Å²) in [5, 5.41) is 0. The normalized spacial score (nSPS) is 31.1. The second-order valence-corrected chi connectivity index (χ2v) is 6.82. The Bertz CT molecular complexity index is 603. The van der Waals surface area contributed by atoms with E-state index < -0.39 is 10.4 Å². The molecule has 2 aliphatic rings. The van der Waals surface area contributed by atoms with Crippen LogP contribution in [0.4, 0.5) is 0 Å². The minimum absolute atomic E-state index is 0.0800. The van der Waals surface area contributed by atoms with Gasteiger partial charge in [-0.15, -0.1) is 11.8 Å². The molecule has 1 saturated heterocycles. The highest BCUT2D eigenvalue weighted by Crippen LogP contribution is 2.56. The quantitative estimate of drug-likeness (QED) is 0.785. The molecule has 4 nitrogen and oxygen atoms in total. The maximum atomic E-state index is 12.7. The number of fused-ring (bicyclic) bond motifs is 3. The van der Waals surface area contributed by atoms with Crippen LogP contribution in [0.15, 0.2) is 24.3 Å². The number of esters is 1. The van der Waals surface area contributed by atoms with E-state index in [1.807, 2.05) is 31.2 Å². The van der Waals surface area contributed by atoms with E-state index >= 15 is 0 Å². The number of rotatable bonds is 2. The molecule has 20 heavy (non-hydrogen) atoms. The molecule has 0 bridgehead atoms. The third kappa shape index (κ3) is 1.50. The molecule has 0 radical (unpaired) electrons. The van der Waals surface area contributed by atoms with Crippen LogP contribution in [0.25, 0.3) is 0 Å². The zero-order valence-electron chi connectivity index (χ0n) is 11.8. The van der Waals surface area contributed by atoms with Crippen LogP contribution in [-0.4, -0.2) is 34.7 Å². The van der Waals surface area contributed by atoms with Crippen molar-refractivity contribution >= 4 is 23.6 Å². The number of hydrogen-bond acceptors (Lipinski definition) is 4. The second-order valence-electron chi connectivity index (χ2n) is 5.45. The smallest absolute Gasteiger partial charge is 0.332 e. The highest BCUT2D eigenvalue weighted by molar-refractivity contribution is 8.00. The first-order chi connectivity index (χ1) is 9.45. The van der Waals surface area contributed by atoms with Crippen molar-refractivity contribution in [1.82, 2.24) is 4.90 Å². The summed E-state index contributed by atoms with van der Waals surface area (Å²) < 4.78 is 5.18. The van der Waals surface area contributed by atoms with Crippen molar-refractivity contribution in [3.05, 3.63) is 35.4 Å². The van der Waals surface area contributed by atoms with Gasteiger partial charge in [-0.05, 0) is 26.8 Å². The van der Waals surface area contributed by atoms with Crippen LogP contribution in [0.3, 0.4) is 0 Å². The minimum atomic E-state index is -0.897.